The highest BCUT2D eigenvalue weighted by Gasteiger charge is 2.41. The summed E-state index contributed by atoms with van der Waals surface area (Å²) in [4.78, 5) is 62.0. The number of anilines is 2. The molecule has 6 nitrogen and oxygen atoms in total. The third kappa shape index (κ3) is 4.84. The Kier molecular flexibility index (Phi) is 8.39. The maximum atomic E-state index is 14.8. The third-order valence-electron chi connectivity index (χ3n) is 11.9. The molecule has 0 radical (unpaired) electrons. The van der Waals surface area contributed by atoms with Crippen molar-refractivity contribution in [3.63, 3.8) is 0 Å². The average Bonchev–Trinajstić information content (AvgIpc) is 3.15. The van der Waals surface area contributed by atoms with Crippen LogP contribution >= 0.6 is 31.9 Å². The monoisotopic (exact) mass is 866 g/mol. The third-order valence-corrected chi connectivity index (χ3v) is 13.1. The molecule has 4 amide bonds. The minimum atomic E-state index is -0.365. The topological polar surface area (TPSA) is 74.8 Å². The van der Waals surface area contributed by atoms with Crippen molar-refractivity contribution >= 4 is 110 Å². The minimum absolute atomic E-state index is 0.0804. The fraction of sp³-hybridized carbons (Fsp3) is 0.250. The van der Waals surface area contributed by atoms with Crippen LogP contribution < -0.4 is 9.80 Å². The van der Waals surface area contributed by atoms with Crippen molar-refractivity contribution in [1.29, 1.82) is 0 Å². The molecule has 0 spiro atoms. The molecule has 2 aliphatic heterocycles. The highest BCUT2D eigenvalue weighted by atomic mass is 79.9. The Labute approximate surface area is 342 Å². The van der Waals surface area contributed by atoms with E-state index in [1.165, 1.54) is 9.80 Å². The maximum Gasteiger partial charge on any atom is 0.266 e. The first kappa shape index (κ1) is 36.7. The van der Waals surface area contributed by atoms with Gasteiger partial charge in [-0.05, 0) is 81.0 Å². The van der Waals surface area contributed by atoms with Crippen LogP contribution in [0.3, 0.4) is 0 Å². The number of amides is 4. The van der Waals surface area contributed by atoms with Gasteiger partial charge in [-0.15, -0.1) is 0 Å². The van der Waals surface area contributed by atoms with Crippen LogP contribution in [0.4, 0.5) is 11.4 Å². The maximum absolute atomic E-state index is 14.8. The molecule has 0 aliphatic carbocycles. The number of nitrogens with zero attached hydrogens (tertiary/aromatic N) is 2. The molecule has 0 bridgehead atoms. The molecule has 0 fully saturated rings. The number of carbonyl (C=O) groups excluding carboxylic acids is 4. The van der Waals surface area contributed by atoms with E-state index >= 15 is 0 Å². The molecule has 8 heteroatoms. The summed E-state index contributed by atoms with van der Waals surface area (Å²) in [5, 5.41) is 6.06. The number of hydrogen-bond acceptors (Lipinski definition) is 4. The van der Waals surface area contributed by atoms with Crippen LogP contribution in [0, 0.1) is 0 Å². The van der Waals surface area contributed by atoms with Gasteiger partial charge in [0.2, 0.25) is 0 Å². The van der Waals surface area contributed by atoms with Crippen LogP contribution in [0.15, 0.2) is 81.7 Å². The number of benzene rings is 7. The van der Waals surface area contributed by atoms with E-state index in [2.05, 4.69) is 87.2 Å². The zero-order valence-electron chi connectivity index (χ0n) is 32.5. The summed E-state index contributed by atoms with van der Waals surface area (Å²) in [5.41, 5.74) is 6.89. The molecule has 7 aromatic rings. The summed E-state index contributed by atoms with van der Waals surface area (Å²) in [6.07, 6.45) is 0. The first-order valence-corrected chi connectivity index (χ1v) is 20.9. The van der Waals surface area contributed by atoms with Crippen molar-refractivity contribution < 1.29 is 19.2 Å². The second-order valence-corrected chi connectivity index (χ2v) is 18.2. The largest absolute Gasteiger partial charge is 0.268 e. The van der Waals surface area contributed by atoms with E-state index in [1.807, 2.05) is 72.8 Å². The van der Waals surface area contributed by atoms with Crippen molar-refractivity contribution in [1.82, 2.24) is 0 Å². The Morgan fingerprint density at radius 1 is 0.393 bits per heavy atom. The van der Waals surface area contributed by atoms with Crippen LogP contribution in [-0.2, 0) is 0 Å². The standard InChI is InChI=1S/C48H40Br2N2O4/c1-21(2)25-11-9-12-26(22(3)4)43(25)51-45(53)31-17-15-29-40-36(50)20-34-38-32(18-16-30(42(38)40)39-35(49)19-33(47(51)55)37(31)41(29)39)46(54)52(48(34)56)44-27(23(5)6)13-10-14-28(44)24(7)8/h9-24H,1-8H3. The molecular formula is C48H40Br2N2O4. The molecule has 2 heterocycles. The number of halogens is 2. The lowest BCUT2D eigenvalue weighted by Gasteiger charge is -2.34. The van der Waals surface area contributed by atoms with E-state index in [1.54, 1.807) is 0 Å². The first-order chi connectivity index (χ1) is 26.6. The number of carbonyl (C=O) groups is 4. The van der Waals surface area contributed by atoms with Gasteiger partial charge in [-0.1, -0.05) is 136 Å². The van der Waals surface area contributed by atoms with Crippen LogP contribution in [0.5, 0.6) is 0 Å². The first-order valence-electron chi connectivity index (χ1n) is 19.3. The molecule has 56 heavy (non-hydrogen) atoms. The lowest BCUT2D eigenvalue weighted by molar-refractivity contribution is 0.0877. The van der Waals surface area contributed by atoms with E-state index in [0.717, 1.165) is 54.6 Å². The zero-order chi connectivity index (χ0) is 39.8. The van der Waals surface area contributed by atoms with Crippen LogP contribution in [0.25, 0.3) is 43.1 Å². The predicted molar refractivity (Wildman–Crippen MR) is 235 cm³/mol. The summed E-state index contributed by atoms with van der Waals surface area (Å²) in [6, 6.07) is 23.3. The second-order valence-electron chi connectivity index (χ2n) is 16.5. The van der Waals surface area contributed by atoms with Crippen molar-refractivity contribution in [3.05, 3.63) is 126 Å². The van der Waals surface area contributed by atoms with Crippen molar-refractivity contribution in [2.75, 3.05) is 9.80 Å². The zero-order valence-corrected chi connectivity index (χ0v) is 35.7. The van der Waals surface area contributed by atoms with Crippen molar-refractivity contribution in [3.8, 4) is 0 Å². The second kappa shape index (κ2) is 12.8. The smallest absolute Gasteiger partial charge is 0.266 e. The van der Waals surface area contributed by atoms with E-state index in [4.69, 9.17) is 0 Å². The number of rotatable bonds is 6. The van der Waals surface area contributed by atoms with E-state index in [-0.39, 0.29) is 47.3 Å². The quantitative estimate of drug-likeness (QED) is 0.0948. The number of imide groups is 2. The molecule has 0 unspecified atom stereocenters. The fourth-order valence-electron chi connectivity index (χ4n) is 9.31. The van der Waals surface area contributed by atoms with Crippen molar-refractivity contribution in [2.45, 2.75) is 79.1 Å². The molecule has 9 rings (SSSR count). The van der Waals surface area contributed by atoms with Gasteiger partial charge in [0.15, 0.2) is 0 Å². The summed E-state index contributed by atoms with van der Waals surface area (Å²) >= 11 is 7.76. The lowest BCUT2D eigenvalue weighted by atomic mass is 9.81. The molecule has 7 aromatic carbocycles. The molecule has 0 atom stereocenters. The van der Waals surface area contributed by atoms with Crippen molar-refractivity contribution in [2.24, 2.45) is 0 Å². The van der Waals surface area contributed by atoms with Gasteiger partial charge >= 0.3 is 0 Å². The van der Waals surface area contributed by atoms with Gasteiger partial charge < -0.3 is 0 Å². The molecular weight excluding hydrogens is 828 g/mol. The predicted octanol–water partition coefficient (Wildman–Crippen LogP) is 13.4. The lowest BCUT2D eigenvalue weighted by Crippen LogP contribution is -2.42. The number of para-hydroxylation sites is 2. The van der Waals surface area contributed by atoms with Gasteiger partial charge in [-0.25, -0.2) is 9.80 Å². The average molecular weight is 869 g/mol. The minimum Gasteiger partial charge on any atom is -0.268 e. The fourth-order valence-corrected chi connectivity index (χ4v) is 10.6. The number of fused-ring (bicyclic) bond motifs is 2. The van der Waals surface area contributed by atoms with Gasteiger partial charge in [0.1, 0.15) is 0 Å². The Bertz CT molecular complexity index is 2690. The van der Waals surface area contributed by atoms with Crippen LogP contribution in [-0.4, -0.2) is 23.6 Å². The van der Waals surface area contributed by atoms with E-state index in [9.17, 15) is 19.2 Å². The highest BCUT2D eigenvalue weighted by Crippen LogP contribution is 2.52. The normalized spacial score (nSPS) is 14.6. The molecule has 0 saturated heterocycles. The highest BCUT2D eigenvalue weighted by molar-refractivity contribution is 9.11. The SMILES string of the molecule is CC(C)c1cccc(C(C)C)c1N1C(=O)c2ccc3c4c(Br)cc5c6c(ccc(c7c(Br)cc(c2c37)C1=O)c64)C(=O)N(c1c(C(C)C)cccc1C(C)C)C5=O. The van der Waals surface area contributed by atoms with Gasteiger partial charge in [-0.3, -0.25) is 19.2 Å². The summed E-state index contributed by atoms with van der Waals surface area (Å²) in [6.45, 7) is 16.6. The molecule has 0 N–H and O–H groups in total. The van der Waals surface area contributed by atoms with Gasteiger partial charge in [0, 0.05) is 52.4 Å². The molecule has 2 aliphatic rings. The van der Waals surface area contributed by atoms with Gasteiger partial charge in [-0.2, -0.15) is 0 Å². The van der Waals surface area contributed by atoms with Gasteiger partial charge in [0.25, 0.3) is 23.6 Å². The summed E-state index contributed by atoms with van der Waals surface area (Å²) < 4.78 is 1.37. The number of hydrogen-bond donors (Lipinski definition) is 0. The van der Waals surface area contributed by atoms with E-state index < -0.39 is 0 Å². The molecule has 0 aromatic heterocycles. The molecule has 0 saturated carbocycles. The summed E-state index contributed by atoms with van der Waals surface area (Å²) in [5.74, 6) is -1.12. The molecule has 280 valence electrons. The van der Waals surface area contributed by atoms with Crippen LogP contribution in [0.1, 0.15) is 143 Å². The Hall–Kier alpha value is -4.92. The Morgan fingerprint density at radius 2 is 0.696 bits per heavy atom. The van der Waals surface area contributed by atoms with Crippen LogP contribution in [0.2, 0.25) is 0 Å². The Morgan fingerprint density at radius 3 is 1.00 bits per heavy atom. The Balaban J connectivity index is 1.33. The summed E-state index contributed by atoms with van der Waals surface area (Å²) in [7, 11) is 0. The van der Waals surface area contributed by atoms with Gasteiger partial charge in [0.05, 0.1) is 22.5 Å². The van der Waals surface area contributed by atoms with E-state index in [0.29, 0.717) is 53.3 Å².